The lowest BCUT2D eigenvalue weighted by molar-refractivity contribution is -0.126. The molecule has 0 spiro atoms. The van der Waals surface area contributed by atoms with Crippen LogP contribution in [0.15, 0.2) is 0 Å². The maximum atomic E-state index is 12.2. The predicted molar refractivity (Wildman–Crippen MR) is 66.4 cm³/mol. The van der Waals surface area contributed by atoms with Gasteiger partial charge in [-0.3, -0.25) is 4.79 Å². The molecule has 2 rings (SSSR count). The van der Waals surface area contributed by atoms with Crippen LogP contribution in [-0.4, -0.2) is 31.7 Å². The average Bonchev–Trinajstić information content (AvgIpc) is 2.99. The first-order valence-corrected chi connectivity index (χ1v) is 6.80. The van der Waals surface area contributed by atoms with Crippen molar-refractivity contribution in [3.8, 4) is 0 Å². The number of rotatable bonds is 4. The number of hydrogen-bond acceptors (Lipinski definition) is 3. The minimum absolute atomic E-state index is 0.143. The fourth-order valence-electron chi connectivity index (χ4n) is 3.06. The van der Waals surface area contributed by atoms with Crippen LogP contribution in [0, 0.1) is 17.8 Å². The third-order valence-corrected chi connectivity index (χ3v) is 4.34. The van der Waals surface area contributed by atoms with E-state index in [0.29, 0.717) is 18.4 Å². The van der Waals surface area contributed by atoms with E-state index in [0.717, 1.165) is 38.9 Å². The Kier molecular flexibility index (Phi) is 4.40. The first-order valence-electron chi connectivity index (χ1n) is 6.80. The summed E-state index contributed by atoms with van der Waals surface area (Å²) in [7, 11) is 0. The van der Waals surface area contributed by atoms with E-state index >= 15 is 0 Å². The van der Waals surface area contributed by atoms with Crippen LogP contribution in [0.5, 0.6) is 0 Å². The van der Waals surface area contributed by atoms with E-state index in [9.17, 15) is 4.79 Å². The monoisotopic (exact) mass is 240 g/mol. The van der Waals surface area contributed by atoms with E-state index in [1.165, 1.54) is 0 Å². The zero-order valence-electron chi connectivity index (χ0n) is 10.7. The molecular formula is C13H24N2O2. The molecule has 1 aliphatic carbocycles. The van der Waals surface area contributed by atoms with Gasteiger partial charge in [-0.15, -0.1) is 0 Å². The van der Waals surface area contributed by atoms with Crippen LogP contribution in [0.25, 0.3) is 0 Å². The van der Waals surface area contributed by atoms with Crippen LogP contribution in [0.1, 0.15) is 32.6 Å². The van der Waals surface area contributed by atoms with Gasteiger partial charge in [-0.2, -0.15) is 0 Å². The minimum atomic E-state index is 0.143. The second-order valence-corrected chi connectivity index (χ2v) is 5.45. The first-order chi connectivity index (χ1) is 8.22. The lowest BCUT2D eigenvalue weighted by Crippen LogP contribution is -2.43. The molecule has 1 aliphatic heterocycles. The predicted octanol–water partition coefficient (Wildman–Crippen LogP) is 0.903. The topological polar surface area (TPSA) is 64.4 Å². The summed E-state index contributed by atoms with van der Waals surface area (Å²) in [6.45, 7) is 4.34. The summed E-state index contributed by atoms with van der Waals surface area (Å²) in [5.74, 6) is 1.22. The van der Waals surface area contributed by atoms with Crippen LogP contribution in [0.4, 0.5) is 0 Å². The number of nitrogens with two attached hydrogens (primary N) is 1. The van der Waals surface area contributed by atoms with Crippen LogP contribution in [0.2, 0.25) is 0 Å². The van der Waals surface area contributed by atoms with Crippen molar-refractivity contribution in [2.24, 2.45) is 23.5 Å². The molecule has 0 aromatic carbocycles. The SMILES string of the molecule is CC(NC(=O)C1CCCC1CN)C1CCOC1. The molecule has 0 aromatic rings. The molecule has 0 radical (unpaired) electrons. The summed E-state index contributed by atoms with van der Waals surface area (Å²) < 4.78 is 5.36. The summed E-state index contributed by atoms with van der Waals surface area (Å²) in [5, 5.41) is 3.15. The van der Waals surface area contributed by atoms with E-state index in [1.807, 2.05) is 0 Å². The summed E-state index contributed by atoms with van der Waals surface area (Å²) in [6, 6.07) is 0.226. The van der Waals surface area contributed by atoms with Gasteiger partial charge >= 0.3 is 0 Å². The zero-order valence-corrected chi connectivity index (χ0v) is 10.7. The van der Waals surface area contributed by atoms with Crippen molar-refractivity contribution in [2.45, 2.75) is 38.6 Å². The smallest absolute Gasteiger partial charge is 0.223 e. The van der Waals surface area contributed by atoms with Crippen molar-refractivity contribution < 1.29 is 9.53 Å². The molecule has 2 fully saturated rings. The van der Waals surface area contributed by atoms with Crippen LogP contribution >= 0.6 is 0 Å². The van der Waals surface area contributed by atoms with Crippen molar-refractivity contribution in [3.63, 3.8) is 0 Å². The van der Waals surface area contributed by atoms with Crippen LogP contribution in [0.3, 0.4) is 0 Å². The molecule has 1 amide bonds. The molecule has 1 saturated carbocycles. The standard InChI is InChI=1S/C13H24N2O2/c1-9(11-5-6-17-8-11)15-13(16)12-4-2-3-10(12)7-14/h9-12H,2-8,14H2,1H3,(H,15,16). The Labute approximate surface area is 103 Å². The molecular weight excluding hydrogens is 216 g/mol. The maximum Gasteiger partial charge on any atom is 0.223 e. The molecule has 17 heavy (non-hydrogen) atoms. The van der Waals surface area contributed by atoms with E-state index < -0.39 is 0 Å². The molecule has 2 aliphatic rings. The quantitative estimate of drug-likeness (QED) is 0.767. The molecule has 4 nitrogen and oxygen atoms in total. The average molecular weight is 240 g/mol. The molecule has 4 heteroatoms. The van der Waals surface area contributed by atoms with E-state index in [-0.39, 0.29) is 17.9 Å². The first kappa shape index (κ1) is 12.8. The lowest BCUT2D eigenvalue weighted by Gasteiger charge is -2.23. The number of nitrogens with one attached hydrogen (secondary N) is 1. The molecule has 1 saturated heterocycles. The second-order valence-electron chi connectivity index (χ2n) is 5.45. The Bertz CT molecular complexity index is 264. The number of amides is 1. The highest BCUT2D eigenvalue weighted by atomic mass is 16.5. The number of ether oxygens (including phenoxy) is 1. The van der Waals surface area contributed by atoms with Crippen molar-refractivity contribution >= 4 is 5.91 Å². The number of carbonyl (C=O) groups excluding carboxylic acids is 1. The molecule has 1 heterocycles. The fourth-order valence-corrected chi connectivity index (χ4v) is 3.06. The van der Waals surface area contributed by atoms with Gasteiger partial charge in [0, 0.05) is 24.5 Å². The molecule has 4 unspecified atom stereocenters. The Hall–Kier alpha value is -0.610. The highest BCUT2D eigenvalue weighted by Crippen LogP contribution is 2.31. The van der Waals surface area contributed by atoms with Crippen LogP contribution in [-0.2, 0) is 9.53 Å². The molecule has 0 aromatic heterocycles. The van der Waals surface area contributed by atoms with Crippen molar-refractivity contribution in [1.82, 2.24) is 5.32 Å². The van der Waals surface area contributed by atoms with Gasteiger partial charge in [0.05, 0.1) is 6.61 Å². The zero-order chi connectivity index (χ0) is 12.3. The summed E-state index contributed by atoms with van der Waals surface area (Å²) in [6.07, 6.45) is 4.31. The highest BCUT2D eigenvalue weighted by Gasteiger charge is 2.33. The van der Waals surface area contributed by atoms with Gasteiger partial charge in [0.25, 0.3) is 0 Å². The van der Waals surface area contributed by atoms with Gasteiger partial charge in [0.2, 0.25) is 5.91 Å². The van der Waals surface area contributed by atoms with E-state index in [1.54, 1.807) is 0 Å². The Morgan fingerprint density at radius 1 is 1.47 bits per heavy atom. The summed E-state index contributed by atoms with van der Waals surface area (Å²) in [5.41, 5.74) is 5.71. The van der Waals surface area contributed by atoms with Gasteiger partial charge in [0.1, 0.15) is 0 Å². The molecule has 3 N–H and O–H groups in total. The van der Waals surface area contributed by atoms with E-state index in [2.05, 4.69) is 12.2 Å². The van der Waals surface area contributed by atoms with Gasteiger partial charge in [-0.25, -0.2) is 0 Å². The molecule has 4 atom stereocenters. The van der Waals surface area contributed by atoms with Gasteiger partial charge in [0.15, 0.2) is 0 Å². The van der Waals surface area contributed by atoms with Crippen molar-refractivity contribution in [3.05, 3.63) is 0 Å². The summed E-state index contributed by atoms with van der Waals surface area (Å²) in [4.78, 5) is 12.2. The third kappa shape index (κ3) is 2.99. The molecule has 98 valence electrons. The van der Waals surface area contributed by atoms with Crippen molar-refractivity contribution in [1.29, 1.82) is 0 Å². The number of carbonyl (C=O) groups is 1. The van der Waals surface area contributed by atoms with Gasteiger partial charge in [-0.1, -0.05) is 6.42 Å². The fraction of sp³-hybridized carbons (Fsp3) is 0.923. The van der Waals surface area contributed by atoms with Gasteiger partial charge < -0.3 is 15.8 Å². The second kappa shape index (κ2) is 5.83. The van der Waals surface area contributed by atoms with Crippen LogP contribution < -0.4 is 11.1 Å². The normalized spacial score (nSPS) is 34.8. The minimum Gasteiger partial charge on any atom is -0.381 e. The van der Waals surface area contributed by atoms with Crippen molar-refractivity contribution in [2.75, 3.05) is 19.8 Å². The molecule has 0 bridgehead atoms. The lowest BCUT2D eigenvalue weighted by atomic mass is 9.93. The Morgan fingerprint density at radius 3 is 2.94 bits per heavy atom. The Morgan fingerprint density at radius 2 is 2.29 bits per heavy atom. The largest absolute Gasteiger partial charge is 0.381 e. The van der Waals surface area contributed by atoms with Gasteiger partial charge in [-0.05, 0) is 38.6 Å². The number of hydrogen-bond donors (Lipinski definition) is 2. The Balaban J connectivity index is 1.83. The maximum absolute atomic E-state index is 12.2. The highest BCUT2D eigenvalue weighted by molar-refractivity contribution is 5.79. The summed E-state index contributed by atoms with van der Waals surface area (Å²) >= 11 is 0. The third-order valence-electron chi connectivity index (χ3n) is 4.34. The van der Waals surface area contributed by atoms with E-state index in [4.69, 9.17) is 10.5 Å².